The molecular formula is C23H30N2O2. The lowest BCUT2D eigenvalue weighted by Crippen LogP contribution is -2.52. The highest BCUT2D eigenvalue weighted by Crippen LogP contribution is 2.14. The van der Waals surface area contributed by atoms with Gasteiger partial charge in [0.15, 0.2) is 0 Å². The molecule has 2 aromatic rings. The van der Waals surface area contributed by atoms with Gasteiger partial charge in [-0.1, -0.05) is 60.2 Å². The monoisotopic (exact) mass is 366 g/mol. The van der Waals surface area contributed by atoms with Crippen LogP contribution in [-0.4, -0.2) is 28.3 Å². The Labute approximate surface area is 162 Å². The van der Waals surface area contributed by atoms with Gasteiger partial charge in [0.05, 0.1) is 6.42 Å². The number of carbonyl (C=O) groups is 2. The number of nitrogens with zero attached hydrogens (tertiary/aromatic N) is 1. The quantitative estimate of drug-likeness (QED) is 0.844. The van der Waals surface area contributed by atoms with E-state index in [-0.39, 0.29) is 23.8 Å². The topological polar surface area (TPSA) is 49.4 Å². The van der Waals surface area contributed by atoms with Crippen molar-refractivity contribution in [3.63, 3.8) is 0 Å². The number of hydrogen-bond donors (Lipinski definition) is 1. The SMILES string of the molecule is Cc1ccc(CN(C(=O)Cc2ccccc2)[C@H](C)C(=O)NC(C)(C)C)cc1. The maximum Gasteiger partial charge on any atom is 0.242 e. The molecule has 0 fully saturated rings. The van der Waals surface area contributed by atoms with Crippen LogP contribution in [0.1, 0.15) is 44.4 Å². The Morgan fingerprint density at radius 2 is 1.56 bits per heavy atom. The van der Waals surface area contributed by atoms with E-state index in [4.69, 9.17) is 0 Å². The van der Waals surface area contributed by atoms with Crippen molar-refractivity contribution in [3.8, 4) is 0 Å². The summed E-state index contributed by atoms with van der Waals surface area (Å²) in [6.45, 7) is 10.0. The first-order chi connectivity index (χ1) is 12.7. The van der Waals surface area contributed by atoms with Crippen LogP contribution < -0.4 is 5.32 Å². The molecule has 0 radical (unpaired) electrons. The largest absolute Gasteiger partial charge is 0.350 e. The highest BCUT2D eigenvalue weighted by atomic mass is 16.2. The van der Waals surface area contributed by atoms with Crippen LogP contribution in [0.15, 0.2) is 54.6 Å². The van der Waals surface area contributed by atoms with Gasteiger partial charge in [0.1, 0.15) is 6.04 Å². The lowest BCUT2D eigenvalue weighted by atomic mass is 10.1. The molecule has 0 saturated carbocycles. The number of hydrogen-bond acceptors (Lipinski definition) is 2. The van der Waals surface area contributed by atoms with Gasteiger partial charge >= 0.3 is 0 Å². The van der Waals surface area contributed by atoms with Gasteiger partial charge < -0.3 is 10.2 Å². The number of benzene rings is 2. The molecule has 0 spiro atoms. The van der Waals surface area contributed by atoms with Crippen LogP contribution in [0.5, 0.6) is 0 Å². The Balaban J connectivity index is 2.22. The molecule has 0 aliphatic heterocycles. The van der Waals surface area contributed by atoms with E-state index in [9.17, 15) is 9.59 Å². The van der Waals surface area contributed by atoms with Crippen LogP contribution in [0, 0.1) is 6.92 Å². The van der Waals surface area contributed by atoms with Gasteiger partial charge in [0.25, 0.3) is 0 Å². The van der Waals surface area contributed by atoms with Gasteiger partial charge in [-0.25, -0.2) is 0 Å². The van der Waals surface area contributed by atoms with Gasteiger partial charge in [-0.15, -0.1) is 0 Å². The minimum Gasteiger partial charge on any atom is -0.350 e. The summed E-state index contributed by atoms with van der Waals surface area (Å²) >= 11 is 0. The van der Waals surface area contributed by atoms with E-state index in [2.05, 4.69) is 5.32 Å². The molecule has 0 unspecified atom stereocenters. The smallest absolute Gasteiger partial charge is 0.242 e. The molecule has 0 saturated heterocycles. The van der Waals surface area contributed by atoms with E-state index < -0.39 is 6.04 Å². The maximum atomic E-state index is 13.0. The molecule has 27 heavy (non-hydrogen) atoms. The number of carbonyl (C=O) groups excluding carboxylic acids is 2. The fourth-order valence-electron chi connectivity index (χ4n) is 2.82. The van der Waals surface area contributed by atoms with Gasteiger partial charge in [-0.2, -0.15) is 0 Å². The first kappa shape index (κ1) is 20.7. The van der Waals surface area contributed by atoms with Crippen LogP contribution >= 0.6 is 0 Å². The van der Waals surface area contributed by atoms with Crippen molar-refractivity contribution < 1.29 is 9.59 Å². The second-order valence-electron chi connectivity index (χ2n) is 8.08. The zero-order chi connectivity index (χ0) is 20.0. The Morgan fingerprint density at radius 1 is 0.963 bits per heavy atom. The average Bonchev–Trinajstić information content (AvgIpc) is 2.60. The van der Waals surface area contributed by atoms with Crippen molar-refractivity contribution in [3.05, 3.63) is 71.3 Å². The molecular weight excluding hydrogens is 336 g/mol. The normalized spacial score (nSPS) is 12.3. The van der Waals surface area contributed by atoms with Crippen molar-refractivity contribution in [1.29, 1.82) is 0 Å². The Hall–Kier alpha value is -2.62. The third-order valence-electron chi connectivity index (χ3n) is 4.34. The van der Waals surface area contributed by atoms with Gasteiger partial charge in [0, 0.05) is 12.1 Å². The van der Waals surface area contributed by atoms with E-state index in [0.717, 1.165) is 11.1 Å². The van der Waals surface area contributed by atoms with Crippen molar-refractivity contribution >= 4 is 11.8 Å². The first-order valence-corrected chi connectivity index (χ1v) is 9.37. The van der Waals surface area contributed by atoms with Crippen LogP contribution in [0.4, 0.5) is 0 Å². The predicted octanol–water partition coefficient (Wildman–Crippen LogP) is 3.87. The standard InChI is InChI=1S/C23H30N2O2/c1-17-11-13-20(14-12-17)16-25(18(2)22(27)24-23(3,4)5)21(26)15-19-9-7-6-8-10-19/h6-14,18H,15-16H2,1-5H3,(H,24,27)/t18-/m1/s1. The number of aryl methyl sites for hydroxylation is 1. The average molecular weight is 367 g/mol. The summed E-state index contributed by atoms with van der Waals surface area (Å²) in [5, 5.41) is 2.98. The van der Waals surface area contributed by atoms with Crippen molar-refractivity contribution in [2.24, 2.45) is 0 Å². The van der Waals surface area contributed by atoms with Crippen LogP contribution in [0.2, 0.25) is 0 Å². The molecule has 2 rings (SSSR count). The molecule has 4 nitrogen and oxygen atoms in total. The Kier molecular flexibility index (Phi) is 6.78. The number of rotatable bonds is 6. The van der Waals surface area contributed by atoms with Crippen LogP contribution in [0.25, 0.3) is 0 Å². The van der Waals surface area contributed by atoms with Gasteiger partial charge in [-0.05, 0) is 45.7 Å². The summed E-state index contributed by atoms with van der Waals surface area (Å²) in [5.74, 6) is -0.200. The van der Waals surface area contributed by atoms with E-state index in [1.807, 2.05) is 82.3 Å². The second kappa shape index (κ2) is 8.85. The summed E-state index contributed by atoms with van der Waals surface area (Å²) in [6, 6.07) is 17.1. The third-order valence-corrected chi connectivity index (χ3v) is 4.34. The van der Waals surface area contributed by atoms with E-state index in [0.29, 0.717) is 6.54 Å². The summed E-state index contributed by atoms with van der Waals surface area (Å²) in [4.78, 5) is 27.4. The fourth-order valence-corrected chi connectivity index (χ4v) is 2.82. The molecule has 0 bridgehead atoms. The molecule has 2 amide bonds. The van der Waals surface area contributed by atoms with E-state index in [1.54, 1.807) is 11.8 Å². The minimum absolute atomic E-state index is 0.0571. The molecule has 2 aromatic carbocycles. The summed E-state index contributed by atoms with van der Waals surface area (Å²) in [6.07, 6.45) is 0.278. The van der Waals surface area contributed by atoms with Crippen molar-refractivity contribution in [2.75, 3.05) is 0 Å². The van der Waals surface area contributed by atoms with Crippen LogP contribution in [-0.2, 0) is 22.6 Å². The highest BCUT2D eigenvalue weighted by molar-refractivity contribution is 5.88. The predicted molar refractivity (Wildman–Crippen MR) is 109 cm³/mol. The molecule has 1 atom stereocenters. The summed E-state index contributed by atoms with van der Waals surface area (Å²) in [7, 11) is 0. The van der Waals surface area contributed by atoms with Crippen molar-refractivity contribution in [1.82, 2.24) is 10.2 Å². The fraction of sp³-hybridized carbons (Fsp3) is 0.391. The van der Waals surface area contributed by atoms with Crippen molar-refractivity contribution in [2.45, 2.75) is 59.2 Å². The molecule has 0 aliphatic rings. The lowest BCUT2D eigenvalue weighted by molar-refractivity contribution is -0.140. The zero-order valence-corrected chi connectivity index (χ0v) is 17.0. The molecule has 144 valence electrons. The lowest BCUT2D eigenvalue weighted by Gasteiger charge is -2.31. The number of amides is 2. The second-order valence-corrected chi connectivity index (χ2v) is 8.08. The molecule has 4 heteroatoms. The Morgan fingerprint density at radius 3 is 2.11 bits per heavy atom. The molecule has 0 heterocycles. The molecule has 0 aromatic heterocycles. The zero-order valence-electron chi connectivity index (χ0n) is 17.0. The highest BCUT2D eigenvalue weighted by Gasteiger charge is 2.28. The number of nitrogens with one attached hydrogen (secondary N) is 1. The Bertz CT molecular complexity index is 761. The van der Waals surface area contributed by atoms with E-state index in [1.165, 1.54) is 5.56 Å². The van der Waals surface area contributed by atoms with Gasteiger partial charge in [-0.3, -0.25) is 9.59 Å². The third kappa shape index (κ3) is 6.55. The van der Waals surface area contributed by atoms with E-state index >= 15 is 0 Å². The summed E-state index contributed by atoms with van der Waals surface area (Å²) < 4.78 is 0. The molecule has 0 aliphatic carbocycles. The first-order valence-electron chi connectivity index (χ1n) is 9.37. The minimum atomic E-state index is -0.554. The van der Waals surface area contributed by atoms with Crippen LogP contribution in [0.3, 0.4) is 0 Å². The van der Waals surface area contributed by atoms with Gasteiger partial charge in [0.2, 0.25) is 11.8 Å². The maximum absolute atomic E-state index is 13.0. The summed E-state index contributed by atoms with van der Waals surface area (Å²) in [5.41, 5.74) is 2.78. The molecule has 1 N–H and O–H groups in total.